The summed E-state index contributed by atoms with van der Waals surface area (Å²) >= 11 is 6.06. The maximum Gasteiger partial charge on any atom is 0.242 e. The van der Waals surface area contributed by atoms with Crippen LogP contribution in [0.15, 0.2) is 5.11 Å². The number of fused-ring (bicyclic) bond motifs is 2. The Morgan fingerprint density at radius 3 is 2.92 bits per heavy atom. The van der Waals surface area contributed by atoms with Crippen molar-refractivity contribution in [2.75, 3.05) is 0 Å². The second-order valence-electron chi connectivity index (χ2n) is 3.39. The van der Waals surface area contributed by atoms with Gasteiger partial charge in [0.15, 0.2) is 0 Å². The predicted octanol–water partition coefficient (Wildman–Crippen LogP) is 1.75. The topological polar surface area (TPSA) is 75.1 Å². The fraction of sp³-hybridized carbons (Fsp3) is 0.857. The number of halogens is 1. The maximum absolute atomic E-state index is 11.3. The highest BCUT2D eigenvalue weighted by Gasteiger charge is 2.55. The Balaban J connectivity index is 2.22. The molecule has 3 unspecified atom stereocenters. The number of carbonyl (C=O) groups excluding carboxylic acids is 1. The summed E-state index contributed by atoms with van der Waals surface area (Å²) in [5, 5.41) is 3.03. The number of hydrogen-bond donors (Lipinski definition) is 0. The number of rotatable bonds is 1. The van der Waals surface area contributed by atoms with Gasteiger partial charge in [-0.3, -0.25) is 4.79 Å². The van der Waals surface area contributed by atoms with Crippen LogP contribution in [0.25, 0.3) is 10.4 Å². The summed E-state index contributed by atoms with van der Waals surface area (Å²) in [5.74, 6) is -0.608. The van der Waals surface area contributed by atoms with Crippen molar-refractivity contribution in [3.63, 3.8) is 0 Å². The summed E-state index contributed by atoms with van der Waals surface area (Å²) in [4.78, 5) is 12.7. The lowest BCUT2D eigenvalue weighted by molar-refractivity contribution is -0.121. The standard InChI is InChI=1S/C7H8ClN3O2/c8-7(6(12)10-11-9)3-4-1-2-5(7)13-4/h4-5H,1-3H2. The van der Waals surface area contributed by atoms with Gasteiger partial charge in [0.25, 0.3) is 0 Å². The number of carbonyl (C=O) groups is 1. The Labute approximate surface area is 79.6 Å². The average Bonchev–Trinajstić information content (AvgIpc) is 2.64. The Hall–Kier alpha value is -0.770. The minimum atomic E-state index is -1.09. The summed E-state index contributed by atoms with van der Waals surface area (Å²) < 4.78 is 5.42. The summed E-state index contributed by atoms with van der Waals surface area (Å²) in [5.41, 5.74) is 8.12. The first-order valence-electron chi connectivity index (χ1n) is 4.11. The zero-order valence-corrected chi connectivity index (χ0v) is 7.57. The fourth-order valence-corrected chi connectivity index (χ4v) is 2.37. The minimum Gasteiger partial charge on any atom is -0.373 e. The number of alkyl halides is 1. The molecule has 2 fully saturated rings. The number of ether oxygens (including phenoxy) is 1. The van der Waals surface area contributed by atoms with Crippen LogP contribution in [0.1, 0.15) is 19.3 Å². The van der Waals surface area contributed by atoms with Crippen LogP contribution < -0.4 is 0 Å². The fourth-order valence-electron chi connectivity index (χ4n) is 2.00. The Kier molecular flexibility index (Phi) is 1.95. The Morgan fingerprint density at radius 1 is 1.69 bits per heavy atom. The number of azide groups is 1. The molecule has 6 heteroatoms. The lowest BCUT2D eigenvalue weighted by Gasteiger charge is -2.24. The summed E-state index contributed by atoms with van der Waals surface area (Å²) in [6.07, 6.45) is 2.00. The summed E-state index contributed by atoms with van der Waals surface area (Å²) in [6.45, 7) is 0. The van der Waals surface area contributed by atoms with Crippen LogP contribution in [-0.4, -0.2) is 23.0 Å². The van der Waals surface area contributed by atoms with Crippen LogP contribution in [0.4, 0.5) is 0 Å². The molecule has 70 valence electrons. The van der Waals surface area contributed by atoms with Crippen molar-refractivity contribution in [3.05, 3.63) is 10.4 Å². The number of nitrogens with zero attached hydrogens (tertiary/aromatic N) is 3. The van der Waals surface area contributed by atoms with E-state index in [1.807, 2.05) is 0 Å². The molecular formula is C7H8ClN3O2. The third kappa shape index (κ3) is 1.20. The van der Waals surface area contributed by atoms with Crippen LogP contribution in [0, 0.1) is 0 Å². The van der Waals surface area contributed by atoms with E-state index in [0.717, 1.165) is 12.8 Å². The van der Waals surface area contributed by atoms with Gasteiger partial charge in [0.2, 0.25) is 5.91 Å². The van der Waals surface area contributed by atoms with Crippen LogP contribution in [0.3, 0.4) is 0 Å². The molecule has 0 saturated carbocycles. The molecule has 0 radical (unpaired) electrons. The third-order valence-corrected chi connectivity index (χ3v) is 3.19. The highest BCUT2D eigenvalue weighted by molar-refractivity contribution is 6.35. The molecule has 0 spiro atoms. The van der Waals surface area contributed by atoms with Gasteiger partial charge in [-0.1, -0.05) is 0 Å². The van der Waals surface area contributed by atoms with Crippen molar-refractivity contribution in [2.24, 2.45) is 5.11 Å². The lowest BCUT2D eigenvalue weighted by Crippen LogP contribution is -2.40. The lowest BCUT2D eigenvalue weighted by atomic mass is 9.88. The molecule has 0 aromatic heterocycles. The number of hydrogen-bond acceptors (Lipinski definition) is 2. The summed E-state index contributed by atoms with van der Waals surface area (Å²) in [7, 11) is 0. The van der Waals surface area contributed by atoms with Gasteiger partial charge in [-0.2, -0.15) is 0 Å². The highest BCUT2D eigenvalue weighted by Crippen LogP contribution is 2.46. The van der Waals surface area contributed by atoms with Gasteiger partial charge in [0.1, 0.15) is 4.87 Å². The second-order valence-corrected chi connectivity index (χ2v) is 4.06. The van der Waals surface area contributed by atoms with Crippen LogP contribution in [0.5, 0.6) is 0 Å². The first-order chi connectivity index (χ1) is 6.16. The Bertz CT molecular complexity index is 302. The molecule has 3 atom stereocenters. The second kappa shape index (κ2) is 2.87. The van der Waals surface area contributed by atoms with Crippen molar-refractivity contribution < 1.29 is 9.53 Å². The maximum atomic E-state index is 11.3. The molecule has 0 aromatic carbocycles. The van der Waals surface area contributed by atoms with Gasteiger partial charge in [-0.25, -0.2) is 0 Å². The van der Waals surface area contributed by atoms with E-state index >= 15 is 0 Å². The monoisotopic (exact) mass is 201 g/mol. The van der Waals surface area contributed by atoms with E-state index in [1.54, 1.807) is 0 Å². The van der Waals surface area contributed by atoms with Gasteiger partial charge in [0.05, 0.1) is 12.2 Å². The predicted molar refractivity (Wildman–Crippen MR) is 45.2 cm³/mol. The van der Waals surface area contributed by atoms with E-state index < -0.39 is 10.8 Å². The van der Waals surface area contributed by atoms with E-state index in [9.17, 15) is 4.79 Å². The van der Waals surface area contributed by atoms with Crippen molar-refractivity contribution in [1.82, 2.24) is 0 Å². The van der Waals surface area contributed by atoms with E-state index in [2.05, 4.69) is 10.0 Å². The molecule has 1 amide bonds. The largest absolute Gasteiger partial charge is 0.373 e. The first-order valence-corrected chi connectivity index (χ1v) is 4.48. The number of amides is 1. The summed E-state index contributed by atoms with van der Waals surface area (Å²) in [6, 6.07) is 0. The molecule has 2 heterocycles. The van der Waals surface area contributed by atoms with Crippen LogP contribution in [-0.2, 0) is 9.53 Å². The SMILES string of the molecule is [N-]=[N+]=NC(=O)C1(Cl)CC2CCC1O2. The zero-order chi connectivity index (χ0) is 9.47. The molecule has 2 aliphatic rings. The molecule has 0 N–H and O–H groups in total. The Morgan fingerprint density at radius 2 is 2.46 bits per heavy atom. The zero-order valence-electron chi connectivity index (χ0n) is 6.81. The van der Waals surface area contributed by atoms with E-state index in [0.29, 0.717) is 6.42 Å². The minimum absolute atomic E-state index is 0.0698. The third-order valence-electron chi connectivity index (χ3n) is 2.63. The molecule has 0 aromatic rings. The normalized spacial score (nSPS) is 41.6. The van der Waals surface area contributed by atoms with Gasteiger partial charge < -0.3 is 4.74 Å². The molecule has 2 rings (SSSR count). The van der Waals surface area contributed by atoms with E-state index in [1.165, 1.54) is 0 Å². The first kappa shape index (κ1) is 8.81. The molecule has 13 heavy (non-hydrogen) atoms. The van der Waals surface area contributed by atoms with E-state index in [-0.39, 0.29) is 12.2 Å². The van der Waals surface area contributed by atoms with Gasteiger partial charge in [0, 0.05) is 11.3 Å². The van der Waals surface area contributed by atoms with Crippen LogP contribution >= 0.6 is 11.6 Å². The smallest absolute Gasteiger partial charge is 0.242 e. The molecule has 2 saturated heterocycles. The van der Waals surface area contributed by atoms with Crippen LogP contribution in [0.2, 0.25) is 0 Å². The van der Waals surface area contributed by atoms with Gasteiger partial charge in [-0.05, 0) is 23.5 Å². The van der Waals surface area contributed by atoms with E-state index in [4.69, 9.17) is 21.9 Å². The quantitative estimate of drug-likeness (QED) is 0.281. The molecule has 2 aliphatic heterocycles. The van der Waals surface area contributed by atoms with Gasteiger partial charge >= 0.3 is 0 Å². The van der Waals surface area contributed by atoms with Crippen molar-refractivity contribution in [3.8, 4) is 0 Å². The molecule has 2 bridgehead atoms. The van der Waals surface area contributed by atoms with Crippen molar-refractivity contribution in [1.29, 1.82) is 0 Å². The molecular weight excluding hydrogens is 194 g/mol. The van der Waals surface area contributed by atoms with Gasteiger partial charge in [-0.15, -0.1) is 11.6 Å². The highest BCUT2D eigenvalue weighted by atomic mass is 35.5. The average molecular weight is 202 g/mol. The van der Waals surface area contributed by atoms with Crippen molar-refractivity contribution in [2.45, 2.75) is 36.3 Å². The van der Waals surface area contributed by atoms with Crippen molar-refractivity contribution >= 4 is 17.5 Å². The molecule has 5 nitrogen and oxygen atoms in total. The molecule has 0 aliphatic carbocycles.